The summed E-state index contributed by atoms with van der Waals surface area (Å²) < 4.78 is 5.02. The monoisotopic (exact) mass is 302 g/mol. The number of nitrogens with zero attached hydrogens (tertiary/aromatic N) is 3. The topological polar surface area (TPSA) is 57.2 Å². The van der Waals surface area contributed by atoms with E-state index < -0.39 is 0 Å². The Hall–Kier alpha value is -1.11. The van der Waals surface area contributed by atoms with Crippen molar-refractivity contribution in [2.75, 3.05) is 52.6 Å². The molecule has 0 saturated carbocycles. The third-order valence-electron chi connectivity index (χ3n) is 3.27. The van der Waals surface area contributed by atoms with Crippen molar-refractivity contribution >= 4 is 23.8 Å². The molecule has 1 aliphatic heterocycles. The van der Waals surface area contributed by atoms with Crippen LogP contribution in [-0.2, 0) is 4.74 Å². The number of hydrogen-bond donors (Lipinski definition) is 1. The summed E-state index contributed by atoms with van der Waals surface area (Å²) in [5.41, 5.74) is 0. The van der Waals surface area contributed by atoms with Gasteiger partial charge in [0.15, 0.2) is 5.96 Å². The zero-order valence-electron chi connectivity index (χ0n) is 12.9. The van der Waals surface area contributed by atoms with Crippen molar-refractivity contribution in [3.63, 3.8) is 0 Å². The second kappa shape index (κ2) is 8.94. The van der Waals surface area contributed by atoms with Crippen LogP contribution in [0.25, 0.3) is 0 Å². The van der Waals surface area contributed by atoms with E-state index in [4.69, 9.17) is 4.74 Å². The van der Waals surface area contributed by atoms with Gasteiger partial charge in [0, 0.05) is 45.0 Å². The molecule has 0 aromatic heterocycles. The van der Waals surface area contributed by atoms with E-state index in [-0.39, 0.29) is 6.09 Å². The van der Waals surface area contributed by atoms with E-state index in [1.54, 1.807) is 11.9 Å². The minimum absolute atomic E-state index is 0.217. The molecule has 1 heterocycles. The van der Waals surface area contributed by atoms with Crippen LogP contribution in [0.4, 0.5) is 4.79 Å². The number of amides is 1. The standard InChI is InChI=1S/C13H26N4O2S/c1-5-19-13(18)17-8-6-16(7-9-17)12(14-3)15-10-11(2)20-4/h11H,5-10H2,1-4H3,(H,14,15). The van der Waals surface area contributed by atoms with Gasteiger partial charge in [-0.25, -0.2) is 4.79 Å². The molecule has 0 spiro atoms. The van der Waals surface area contributed by atoms with Gasteiger partial charge in [-0.2, -0.15) is 11.8 Å². The third-order valence-corrected chi connectivity index (χ3v) is 4.24. The van der Waals surface area contributed by atoms with E-state index >= 15 is 0 Å². The summed E-state index contributed by atoms with van der Waals surface area (Å²) in [6, 6.07) is 0. The van der Waals surface area contributed by atoms with Crippen molar-refractivity contribution in [3.8, 4) is 0 Å². The van der Waals surface area contributed by atoms with Crippen molar-refractivity contribution in [2.24, 2.45) is 4.99 Å². The van der Waals surface area contributed by atoms with Gasteiger partial charge in [-0.15, -0.1) is 0 Å². The largest absolute Gasteiger partial charge is 0.450 e. The highest BCUT2D eigenvalue weighted by molar-refractivity contribution is 7.99. The van der Waals surface area contributed by atoms with Crippen LogP contribution in [0.5, 0.6) is 0 Å². The molecule has 0 aromatic rings. The van der Waals surface area contributed by atoms with Gasteiger partial charge in [0.2, 0.25) is 0 Å². The molecule has 6 nitrogen and oxygen atoms in total. The molecule has 7 heteroatoms. The molecule has 1 saturated heterocycles. The van der Waals surface area contributed by atoms with Crippen LogP contribution in [0.1, 0.15) is 13.8 Å². The molecule has 20 heavy (non-hydrogen) atoms. The number of carbonyl (C=O) groups is 1. The van der Waals surface area contributed by atoms with Crippen molar-refractivity contribution in [1.82, 2.24) is 15.1 Å². The zero-order chi connectivity index (χ0) is 15.0. The number of guanidine groups is 1. The first-order valence-electron chi connectivity index (χ1n) is 7.02. The van der Waals surface area contributed by atoms with Gasteiger partial charge in [0.25, 0.3) is 0 Å². The molecule has 1 unspecified atom stereocenters. The molecule has 1 aliphatic rings. The van der Waals surface area contributed by atoms with E-state index in [9.17, 15) is 4.79 Å². The summed E-state index contributed by atoms with van der Waals surface area (Å²) in [5.74, 6) is 0.911. The fourth-order valence-electron chi connectivity index (χ4n) is 1.97. The molecule has 0 bridgehead atoms. The minimum atomic E-state index is -0.217. The smallest absolute Gasteiger partial charge is 0.409 e. The Morgan fingerprint density at radius 3 is 2.45 bits per heavy atom. The molecule has 1 rings (SSSR count). The first kappa shape index (κ1) is 16.9. The Kier molecular flexibility index (Phi) is 7.58. The number of ether oxygens (including phenoxy) is 1. The summed E-state index contributed by atoms with van der Waals surface area (Å²) in [6.07, 6.45) is 1.89. The lowest BCUT2D eigenvalue weighted by Gasteiger charge is -2.36. The fourth-order valence-corrected chi connectivity index (χ4v) is 2.22. The number of thioether (sulfide) groups is 1. The maximum absolute atomic E-state index is 11.6. The highest BCUT2D eigenvalue weighted by Crippen LogP contribution is 2.06. The van der Waals surface area contributed by atoms with Gasteiger partial charge < -0.3 is 19.9 Å². The van der Waals surface area contributed by atoms with Crippen molar-refractivity contribution in [2.45, 2.75) is 19.1 Å². The summed E-state index contributed by atoms with van der Waals surface area (Å²) >= 11 is 1.83. The van der Waals surface area contributed by atoms with Crippen molar-refractivity contribution in [1.29, 1.82) is 0 Å². The first-order valence-corrected chi connectivity index (χ1v) is 8.31. The Morgan fingerprint density at radius 2 is 1.95 bits per heavy atom. The van der Waals surface area contributed by atoms with E-state index in [0.29, 0.717) is 24.9 Å². The van der Waals surface area contributed by atoms with Gasteiger partial charge in [0.05, 0.1) is 6.61 Å². The van der Waals surface area contributed by atoms with Crippen LogP contribution in [0.15, 0.2) is 4.99 Å². The minimum Gasteiger partial charge on any atom is -0.450 e. The molecule has 0 aromatic carbocycles. The van der Waals surface area contributed by atoms with Gasteiger partial charge in [-0.05, 0) is 13.2 Å². The Labute approximate surface area is 125 Å². The normalized spacial score (nSPS) is 17.9. The lowest BCUT2D eigenvalue weighted by molar-refractivity contribution is 0.0915. The Balaban J connectivity index is 2.40. The molecular weight excluding hydrogens is 276 g/mol. The number of nitrogens with one attached hydrogen (secondary N) is 1. The van der Waals surface area contributed by atoms with Crippen LogP contribution < -0.4 is 5.32 Å². The first-order chi connectivity index (χ1) is 9.62. The quantitative estimate of drug-likeness (QED) is 0.622. The number of hydrogen-bond acceptors (Lipinski definition) is 4. The average Bonchev–Trinajstić information content (AvgIpc) is 2.48. The SMILES string of the molecule is CCOC(=O)N1CCN(C(=NC)NCC(C)SC)CC1. The lowest BCUT2D eigenvalue weighted by atomic mass is 10.3. The van der Waals surface area contributed by atoms with Crippen molar-refractivity contribution < 1.29 is 9.53 Å². The highest BCUT2D eigenvalue weighted by atomic mass is 32.2. The van der Waals surface area contributed by atoms with Crippen LogP contribution in [0, 0.1) is 0 Å². The summed E-state index contributed by atoms with van der Waals surface area (Å²) in [4.78, 5) is 19.9. The van der Waals surface area contributed by atoms with Crippen LogP contribution in [-0.4, -0.2) is 79.7 Å². The average molecular weight is 302 g/mol. The van der Waals surface area contributed by atoms with Crippen LogP contribution >= 0.6 is 11.8 Å². The molecule has 1 amide bonds. The number of carbonyl (C=O) groups excluding carboxylic acids is 1. The Morgan fingerprint density at radius 1 is 1.35 bits per heavy atom. The number of aliphatic imine (C=N–C) groups is 1. The van der Waals surface area contributed by atoms with Gasteiger partial charge in [0.1, 0.15) is 0 Å². The predicted octanol–water partition coefficient (Wildman–Crippen LogP) is 1.09. The van der Waals surface area contributed by atoms with Gasteiger partial charge in [-0.3, -0.25) is 4.99 Å². The summed E-state index contributed by atoms with van der Waals surface area (Å²) in [5, 5.41) is 3.93. The second-order valence-electron chi connectivity index (χ2n) is 4.65. The van der Waals surface area contributed by atoms with Gasteiger partial charge in [-0.1, -0.05) is 6.92 Å². The fraction of sp³-hybridized carbons (Fsp3) is 0.846. The molecule has 116 valence electrons. The summed E-state index contributed by atoms with van der Waals surface area (Å²) in [7, 11) is 1.80. The zero-order valence-corrected chi connectivity index (χ0v) is 13.7. The molecule has 1 N–H and O–H groups in total. The van der Waals surface area contributed by atoms with E-state index in [2.05, 4.69) is 28.4 Å². The maximum atomic E-state index is 11.6. The van der Waals surface area contributed by atoms with Gasteiger partial charge >= 0.3 is 6.09 Å². The molecule has 1 fully saturated rings. The summed E-state index contributed by atoms with van der Waals surface area (Å²) in [6.45, 7) is 8.25. The van der Waals surface area contributed by atoms with E-state index in [0.717, 1.165) is 25.6 Å². The second-order valence-corrected chi connectivity index (χ2v) is 5.92. The molecule has 1 atom stereocenters. The molecule has 0 radical (unpaired) electrons. The Bertz CT molecular complexity index is 330. The van der Waals surface area contributed by atoms with Crippen LogP contribution in [0.2, 0.25) is 0 Å². The van der Waals surface area contributed by atoms with E-state index in [1.807, 2.05) is 18.7 Å². The third kappa shape index (κ3) is 5.11. The van der Waals surface area contributed by atoms with E-state index in [1.165, 1.54) is 0 Å². The van der Waals surface area contributed by atoms with Crippen molar-refractivity contribution in [3.05, 3.63) is 0 Å². The lowest BCUT2D eigenvalue weighted by Crippen LogP contribution is -2.54. The maximum Gasteiger partial charge on any atom is 0.409 e. The molecular formula is C13H26N4O2S. The number of piperazine rings is 1. The number of rotatable bonds is 4. The predicted molar refractivity (Wildman–Crippen MR) is 84.5 cm³/mol. The van der Waals surface area contributed by atoms with Crippen LogP contribution in [0.3, 0.4) is 0 Å². The molecule has 0 aliphatic carbocycles. The highest BCUT2D eigenvalue weighted by Gasteiger charge is 2.23.